The first-order chi connectivity index (χ1) is 11.6. The van der Waals surface area contributed by atoms with E-state index in [0.717, 1.165) is 15.3 Å². The number of aromatic nitrogens is 1. The van der Waals surface area contributed by atoms with Crippen molar-refractivity contribution in [2.75, 3.05) is 6.54 Å². The van der Waals surface area contributed by atoms with Crippen LogP contribution in [0.3, 0.4) is 0 Å². The van der Waals surface area contributed by atoms with Gasteiger partial charge in [-0.15, -0.1) is 11.3 Å². The predicted octanol–water partition coefficient (Wildman–Crippen LogP) is 2.64. The van der Waals surface area contributed by atoms with E-state index in [1.807, 2.05) is 23.6 Å². The number of nitrogens with zero attached hydrogens (tertiary/aromatic N) is 1. The zero-order valence-corrected chi connectivity index (χ0v) is 14.6. The van der Waals surface area contributed by atoms with E-state index in [1.54, 1.807) is 30.6 Å². The van der Waals surface area contributed by atoms with Crippen LogP contribution in [0.15, 0.2) is 52.1 Å². The summed E-state index contributed by atoms with van der Waals surface area (Å²) in [5.74, 6) is -0.482. The molecular weight excluding hydrogens is 344 g/mol. The van der Waals surface area contributed by atoms with E-state index in [0.29, 0.717) is 0 Å². The van der Waals surface area contributed by atoms with Crippen molar-refractivity contribution in [1.29, 1.82) is 0 Å². The second kappa shape index (κ2) is 7.12. The number of carbonyl (C=O) groups excluding carboxylic acids is 1. The fourth-order valence-corrected chi connectivity index (χ4v) is 3.97. The summed E-state index contributed by atoms with van der Waals surface area (Å²) < 4.78 is 1.34. The van der Waals surface area contributed by atoms with Gasteiger partial charge in [0.15, 0.2) is 0 Å². The van der Waals surface area contributed by atoms with Crippen LogP contribution in [-0.4, -0.2) is 22.1 Å². The lowest BCUT2D eigenvalue weighted by molar-refractivity contribution is 0.0916. The number of thiophene rings is 2. The molecule has 0 saturated heterocycles. The molecule has 0 aliphatic rings. The molecule has 0 saturated carbocycles. The summed E-state index contributed by atoms with van der Waals surface area (Å²) in [5.41, 5.74) is 0.831. The molecule has 1 amide bonds. The number of pyridine rings is 1. The molecule has 0 bridgehead atoms. The molecule has 7 heteroatoms. The van der Waals surface area contributed by atoms with Gasteiger partial charge in [0.05, 0.1) is 0 Å². The fraction of sp³-hybridized carbons (Fsp3) is 0.176. The van der Waals surface area contributed by atoms with Crippen molar-refractivity contribution in [3.8, 4) is 10.4 Å². The van der Waals surface area contributed by atoms with E-state index in [1.165, 1.54) is 22.0 Å². The number of aryl methyl sites for hydroxylation is 1. The van der Waals surface area contributed by atoms with Crippen LogP contribution in [0.1, 0.15) is 21.3 Å². The van der Waals surface area contributed by atoms with Crippen molar-refractivity contribution in [2.24, 2.45) is 7.05 Å². The van der Waals surface area contributed by atoms with E-state index in [4.69, 9.17) is 0 Å². The molecule has 0 aliphatic carbocycles. The van der Waals surface area contributed by atoms with Crippen LogP contribution in [0.2, 0.25) is 0 Å². The van der Waals surface area contributed by atoms with Crippen LogP contribution in [0.4, 0.5) is 0 Å². The standard InChI is InChI=1S/C17H16N2O3S2/c1-19-7-2-3-12(17(19)22)16(21)18-9-13(20)15-5-4-14(24-15)11-6-8-23-10-11/h2-8,10,13,20H,9H2,1H3,(H,18,21)/t13-/m1/s1. The average molecular weight is 360 g/mol. The minimum Gasteiger partial charge on any atom is -0.386 e. The van der Waals surface area contributed by atoms with Gasteiger partial charge in [0.2, 0.25) is 0 Å². The van der Waals surface area contributed by atoms with E-state index < -0.39 is 12.0 Å². The van der Waals surface area contributed by atoms with Gasteiger partial charge in [-0.3, -0.25) is 9.59 Å². The number of aliphatic hydroxyl groups excluding tert-OH is 1. The molecule has 1 atom stereocenters. The second-order valence-electron chi connectivity index (χ2n) is 5.28. The van der Waals surface area contributed by atoms with Crippen LogP contribution in [-0.2, 0) is 7.05 Å². The maximum atomic E-state index is 12.1. The van der Waals surface area contributed by atoms with Crippen LogP contribution in [0, 0.1) is 0 Å². The molecule has 2 N–H and O–H groups in total. The van der Waals surface area contributed by atoms with E-state index in [-0.39, 0.29) is 17.7 Å². The summed E-state index contributed by atoms with van der Waals surface area (Å²) >= 11 is 3.11. The summed E-state index contributed by atoms with van der Waals surface area (Å²) in [6, 6.07) is 8.96. The fourth-order valence-electron chi connectivity index (χ4n) is 2.25. The van der Waals surface area contributed by atoms with E-state index in [9.17, 15) is 14.7 Å². The number of carbonyl (C=O) groups is 1. The van der Waals surface area contributed by atoms with Gasteiger partial charge in [0.25, 0.3) is 11.5 Å². The maximum Gasteiger partial charge on any atom is 0.263 e. The van der Waals surface area contributed by atoms with Crippen LogP contribution in [0.25, 0.3) is 10.4 Å². The molecule has 5 nitrogen and oxygen atoms in total. The molecule has 24 heavy (non-hydrogen) atoms. The average Bonchev–Trinajstić information content (AvgIpc) is 3.25. The van der Waals surface area contributed by atoms with Crippen molar-refractivity contribution < 1.29 is 9.90 Å². The molecule has 0 aromatic carbocycles. The quantitative estimate of drug-likeness (QED) is 0.735. The highest BCUT2D eigenvalue weighted by Gasteiger charge is 2.15. The lowest BCUT2D eigenvalue weighted by Crippen LogP contribution is -2.34. The molecule has 0 radical (unpaired) electrons. The first-order valence-corrected chi connectivity index (χ1v) is 9.06. The Kier molecular flexibility index (Phi) is 4.94. The Hall–Kier alpha value is -2.22. The van der Waals surface area contributed by atoms with Gasteiger partial charge in [-0.25, -0.2) is 0 Å². The van der Waals surface area contributed by atoms with Crippen LogP contribution < -0.4 is 10.9 Å². The summed E-state index contributed by atoms with van der Waals surface area (Å²) in [6.07, 6.45) is 0.782. The summed E-state index contributed by atoms with van der Waals surface area (Å²) in [6.45, 7) is 0.0560. The molecular formula is C17H16N2O3S2. The number of hydrogen-bond donors (Lipinski definition) is 2. The topological polar surface area (TPSA) is 71.3 Å². The lowest BCUT2D eigenvalue weighted by atomic mass is 10.2. The molecule has 3 aromatic rings. The van der Waals surface area contributed by atoms with E-state index in [2.05, 4.69) is 10.7 Å². The van der Waals surface area contributed by atoms with Crippen molar-refractivity contribution in [3.63, 3.8) is 0 Å². The number of nitrogens with one attached hydrogen (secondary N) is 1. The Balaban J connectivity index is 1.65. The molecule has 0 unspecified atom stereocenters. The highest BCUT2D eigenvalue weighted by atomic mass is 32.1. The Morgan fingerprint density at radius 2 is 2.17 bits per heavy atom. The van der Waals surface area contributed by atoms with Gasteiger partial charge < -0.3 is 15.0 Å². The number of hydrogen-bond acceptors (Lipinski definition) is 5. The van der Waals surface area contributed by atoms with Gasteiger partial charge in [-0.2, -0.15) is 11.3 Å². The van der Waals surface area contributed by atoms with Crippen molar-refractivity contribution >= 4 is 28.6 Å². The Morgan fingerprint density at radius 1 is 1.33 bits per heavy atom. The van der Waals surface area contributed by atoms with Crippen molar-refractivity contribution in [3.05, 3.63) is 68.1 Å². The molecule has 3 heterocycles. The first kappa shape index (κ1) is 16.6. The van der Waals surface area contributed by atoms with E-state index >= 15 is 0 Å². The third-order valence-corrected chi connectivity index (χ3v) is 5.50. The molecule has 0 aliphatic heterocycles. The van der Waals surface area contributed by atoms with Gasteiger partial charge in [-0.1, -0.05) is 0 Å². The van der Waals surface area contributed by atoms with Gasteiger partial charge in [0.1, 0.15) is 11.7 Å². The Bertz CT molecular complexity index is 897. The summed E-state index contributed by atoms with van der Waals surface area (Å²) in [7, 11) is 1.59. The Morgan fingerprint density at radius 3 is 2.92 bits per heavy atom. The SMILES string of the molecule is Cn1cccc(C(=O)NC[C@@H](O)c2ccc(-c3ccsc3)s2)c1=O. The minimum absolute atomic E-state index is 0.0560. The summed E-state index contributed by atoms with van der Waals surface area (Å²) in [5, 5.41) is 16.9. The van der Waals surface area contributed by atoms with Gasteiger partial charge in [-0.05, 0) is 41.1 Å². The smallest absolute Gasteiger partial charge is 0.263 e. The van der Waals surface area contributed by atoms with Crippen LogP contribution in [0.5, 0.6) is 0 Å². The normalized spacial score (nSPS) is 12.1. The number of amides is 1. The molecule has 0 spiro atoms. The first-order valence-electron chi connectivity index (χ1n) is 7.30. The molecule has 124 valence electrons. The third kappa shape index (κ3) is 3.48. The third-order valence-electron chi connectivity index (χ3n) is 3.58. The largest absolute Gasteiger partial charge is 0.386 e. The lowest BCUT2D eigenvalue weighted by Gasteiger charge is -2.10. The highest BCUT2D eigenvalue weighted by molar-refractivity contribution is 7.16. The number of rotatable bonds is 5. The highest BCUT2D eigenvalue weighted by Crippen LogP contribution is 2.32. The molecule has 3 rings (SSSR count). The van der Waals surface area contributed by atoms with Gasteiger partial charge in [0, 0.05) is 35.1 Å². The number of aliphatic hydroxyl groups is 1. The predicted molar refractivity (Wildman–Crippen MR) is 96.6 cm³/mol. The zero-order valence-electron chi connectivity index (χ0n) is 12.9. The van der Waals surface area contributed by atoms with Crippen LogP contribution >= 0.6 is 22.7 Å². The molecule has 3 aromatic heterocycles. The van der Waals surface area contributed by atoms with Gasteiger partial charge >= 0.3 is 0 Å². The Labute approximate surface area is 146 Å². The van der Waals surface area contributed by atoms with Crippen molar-refractivity contribution in [1.82, 2.24) is 9.88 Å². The maximum absolute atomic E-state index is 12.1. The summed E-state index contributed by atoms with van der Waals surface area (Å²) in [4.78, 5) is 25.9. The van der Waals surface area contributed by atoms with Crippen molar-refractivity contribution in [2.45, 2.75) is 6.10 Å². The minimum atomic E-state index is -0.807. The second-order valence-corrected chi connectivity index (χ2v) is 7.17. The zero-order chi connectivity index (χ0) is 17.1. The monoisotopic (exact) mass is 360 g/mol. The molecule has 0 fully saturated rings.